The normalized spacial score (nSPS) is 10.6. The van der Waals surface area contributed by atoms with Gasteiger partial charge in [0.1, 0.15) is 22.9 Å². The van der Waals surface area contributed by atoms with Gasteiger partial charge in [-0.3, -0.25) is 9.89 Å². The second kappa shape index (κ2) is 7.49. The van der Waals surface area contributed by atoms with Crippen molar-refractivity contribution in [1.29, 1.82) is 0 Å². The van der Waals surface area contributed by atoms with Crippen molar-refractivity contribution >= 4 is 17.5 Å². The lowest BCUT2D eigenvalue weighted by molar-refractivity contribution is 0.0951. The number of methoxy groups -OCH3 is 1. The zero-order valence-electron chi connectivity index (χ0n) is 14.3. The van der Waals surface area contributed by atoms with Crippen molar-refractivity contribution in [3.63, 3.8) is 0 Å². The van der Waals surface area contributed by atoms with E-state index in [2.05, 4.69) is 15.5 Å². The molecule has 0 bridgehead atoms. The van der Waals surface area contributed by atoms with Gasteiger partial charge in [-0.1, -0.05) is 23.7 Å². The average Bonchev–Trinajstić information content (AvgIpc) is 3.07. The number of phenols is 1. The quantitative estimate of drug-likeness (QED) is 0.635. The van der Waals surface area contributed by atoms with Gasteiger partial charge in [-0.05, 0) is 36.8 Å². The standard InChI is InChI=1S/C19H18ClN3O3/c1-3-21-19(25)18-16(11-4-6-12(20)7-5-11)17(22-23-18)14-9-8-13(26-2)10-15(14)24/h4-10,24H,3H2,1-2H3,(H,21,25)(H,22,23). The highest BCUT2D eigenvalue weighted by Crippen LogP contribution is 2.39. The van der Waals surface area contributed by atoms with Gasteiger partial charge >= 0.3 is 0 Å². The summed E-state index contributed by atoms with van der Waals surface area (Å²) in [5, 5.41) is 20.8. The number of nitrogens with one attached hydrogen (secondary N) is 2. The maximum Gasteiger partial charge on any atom is 0.269 e. The number of aromatic hydroxyl groups is 1. The number of carbonyl (C=O) groups excluding carboxylic acids is 1. The Balaban J connectivity index is 2.20. The van der Waals surface area contributed by atoms with E-state index in [1.807, 2.05) is 6.92 Å². The number of hydrogen-bond acceptors (Lipinski definition) is 4. The highest BCUT2D eigenvalue weighted by molar-refractivity contribution is 6.30. The van der Waals surface area contributed by atoms with Crippen LogP contribution in [0.15, 0.2) is 42.5 Å². The maximum absolute atomic E-state index is 12.4. The fourth-order valence-electron chi connectivity index (χ4n) is 2.69. The van der Waals surface area contributed by atoms with Gasteiger partial charge in [-0.25, -0.2) is 0 Å². The third kappa shape index (κ3) is 3.36. The van der Waals surface area contributed by atoms with Crippen molar-refractivity contribution in [2.45, 2.75) is 6.92 Å². The number of amides is 1. The van der Waals surface area contributed by atoms with Crippen molar-refractivity contribution < 1.29 is 14.6 Å². The van der Waals surface area contributed by atoms with Crippen LogP contribution < -0.4 is 10.1 Å². The number of carbonyl (C=O) groups is 1. The van der Waals surface area contributed by atoms with Crippen LogP contribution in [-0.4, -0.2) is 34.9 Å². The van der Waals surface area contributed by atoms with Crippen molar-refractivity contribution in [2.24, 2.45) is 0 Å². The highest BCUT2D eigenvalue weighted by Gasteiger charge is 2.23. The summed E-state index contributed by atoms with van der Waals surface area (Å²) in [4.78, 5) is 12.4. The minimum atomic E-state index is -0.274. The fourth-order valence-corrected chi connectivity index (χ4v) is 2.81. The summed E-state index contributed by atoms with van der Waals surface area (Å²) in [6, 6.07) is 12.0. The van der Waals surface area contributed by atoms with Crippen LogP contribution in [0.5, 0.6) is 11.5 Å². The number of ether oxygens (including phenoxy) is 1. The Morgan fingerprint density at radius 2 is 2.00 bits per heavy atom. The molecule has 3 N–H and O–H groups in total. The van der Waals surface area contributed by atoms with Crippen molar-refractivity contribution in [1.82, 2.24) is 15.5 Å². The lowest BCUT2D eigenvalue weighted by Crippen LogP contribution is -2.23. The lowest BCUT2D eigenvalue weighted by Gasteiger charge is -2.09. The zero-order valence-corrected chi connectivity index (χ0v) is 15.1. The summed E-state index contributed by atoms with van der Waals surface area (Å²) < 4.78 is 5.12. The Bertz CT molecular complexity index is 936. The first-order chi connectivity index (χ1) is 12.5. The van der Waals surface area contributed by atoms with Crippen molar-refractivity contribution in [2.75, 3.05) is 13.7 Å². The first-order valence-electron chi connectivity index (χ1n) is 8.05. The Morgan fingerprint density at radius 1 is 1.27 bits per heavy atom. The molecule has 0 spiro atoms. The molecule has 0 saturated heterocycles. The molecule has 1 heterocycles. The minimum Gasteiger partial charge on any atom is -0.507 e. The van der Waals surface area contributed by atoms with Crippen molar-refractivity contribution in [3.8, 4) is 33.9 Å². The Morgan fingerprint density at radius 3 is 2.62 bits per heavy atom. The number of hydrogen-bond donors (Lipinski definition) is 3. The monoisotopic (exact) mass is 371 g/mol. The number of phenolic OH excluding ortho intramolecular Hbond substituents is 1. The lowest BCUT2D eigenvalue weighted by atomic mass is 9.98. The minimum absolute atomic E-state index is 0.00788. The Kier molecular flexibility index (Phi) is 5.14. The molecule has 26 heavy (non-hydrogen) atoms. The summed E-state index contributed by atoms with van der Waals surface area (Å²) in [5.74, 6) is 0.261. The van der Waals surface area contributed by atoms with Gasteiger partial charge in [-0.15, -0.1) is 0 Å². The molecule has 0 aliphatic rings. The van der Waals surface area contributed by atoms with E-state index >= 15 is 0 Å². The van der Waals surface area contributed by atoms with Gasteiger partial charge in [0.15, 0.2) is 0 Å². The van der Waals surface area contributed by atoms with Crippen LogP contribution in [-0.2, 0) is 0 Å². The number of rotatable bonds is 5. The molecular formula is C19H18ClN3O3. The summed E-state index contributed by atoms with van der Waals surface area (Å²) in [7, 11) is 1.52. The summed E-state index contributed by atoms with van der Waals surface area (Å²) >= 11 is 5.98. The molecule has 0 aliphatic carbocycles. The van der Waals surface area contributed by atoms with E-state index in [0.717, 1.165) is 5.56 Å². The molecule has 2 aromatic carbocycles. The van der Waals surface area contributed by atoms with Crippen LogP contribution in [0, 0.1) is 0 Å². The smallest absolute Gasteiger partial charge is 0.269 e. The molecule has 6 nitrogen and oxygen atoms in total. The zero-order chi connectivity index (χ0) is 18.7. The van der Waals surface area contributed by atoms with E-state index in [4.69, 9.17) is 16.3 Å². The van der Waals surface area contributed by atoms with E-state index in [9.17, 15) is 9.90 Å². The molecule has 0 saturated carbocycles. The van der Waals surface area contributed by atoms with Crippen molar-refractivity contribution in [3.05, 3.63) is 53.2 Å². The number of aromatic nitrogens is 2. The number of benzene rings is 2. The van der Waals surface area contributed by atoms with Gasteiger partial charge in [0, 0.05) is 28.8 Å². The predicted molar refractivity (Wildman–Crippen MR) is 101 cm³/mol. The molecular weight excluding hydrogens is 354 g/mol. The van der Waals surface area contributed by atoms with E-state index in [1.54, 1.807) is 36.4 Å². The number of nitrogens with zero attached hydrogens (tertiary/aromatic N) is 1. The van der Waals surface area contributed by atoms with Crippen LogP contribution in [0.2, 0.25) is 5.02 Å². The highest BCUT2D eigenvalue weighted by atomic mass is 35.5. The van der Waals surface area contributed by atoms with E-state index < -0.39 is 0 Å². The molecule has 134 valence electrons. The van der Waals surface area contributed by atoms with Crippen LogP contribution in [0.4, 0.5) is 0 Å². The van der Waals surface area contributed by atoms with Crippen LogP contribution in [0.1, 0.15) is 17.4 Å². The van der Waals surface area contributed by atoms with Crippen LogP contribution in [0.3, 0.4) is 0 Å². The van der Waals surface area contributed by atoms with Gasteiger partial charge in [-0.2, -0.15) is 5.10 Å². The fraction of sp³-hybridized carbons (Fsp3) is 0.158. The molecule has 1 amide bonds. The molecule has 0 unspecified atom stereocenters. The third-order valence-corrected chi connectivity index (χ3v) is 4.18. The van der Waals surface area contributed by atoms with Crippen LogP contribution >= 0.6 is 11.6 Å². The Hall–Kier alpha value is -2.99. The first kappa shape index (κ1) is 17.8. The van der Waals surface area contributed by atoms with E-state index in [1.165, 1.54) is 13.2 Å². The van der Waals surface area contributed by atoms with Gasteiger partial charge < -0.3 is 15.2 Å². The second-order valence-electron chi connectivity index (χ2n) is 5.57. The number of aromatic amines is 1. The predicted octanol–water partition coefficient (Wildman–Crippen LogP) is 3.86. The Labute approximate surface area is 155 Å². The summed E-state index contributed by atoms with van der Waals surface area (Å²) in [6.45, 7) is 2.33. The van der Waals surface area contributed by atoms with E-state index in [0.29, 0.717) is 39.8 Å². The van der Waals surface area contributed by atoms with Gasteiger partial charge in [0.2, 0.25) is 0 Å². The largest absolute Gasteiger partial charge is 0.507 e. The first-order valence-corrected chi connectivity index (χ1v) is 8.42. The summed E-state index contributed by atoms with van der Waals surface area (Å²) in [5.41, 5.74) is 2.62. The third-order valence-electron chi connectivity index (χ3n) is 3.92. The SMILES string of the molecule is CCNC(=O)c1[nH]nc(-c2ccc(OC)cc2O)c1-c1ccc(Cl)cc1. The molecule has 1 aromatic heterocycles. The molecule has 3 rings (SSSR count). The molecule has 0 radical (unpaired) electrons. The number of H-pyrrole nitrogens is 1. The second-order valence-corrected chi connectivity index (χ2v) is 6.01. The molecule has 0 aliphatic heterocycles. The topological polar surface area (TPSA) is 87.2 Å². The number of halogens is 1. The van der Waals surface area contributed by atoms with Gasteiger partial charge in [0.05, 0.1) is 7.11 Å². The molecule has 3 aromatic rings. The average molecular weight is 372 g/mol. The van der Waals surface area contributed by atoms with Crippen LogP contribution in [0.25, 0.3) is 22.4 Å². The molecule has 0 atom stereocenters. The maximum atomic E-state index is 12.4. The molecule has 0 fully saturated rings. The summed E-state index contributed by atoms with van der Waals surface area (Å²) in [6.07, 6.45) is 0. The van der Waals surface area contributed by atoms with Gasteiger partial charge in [0.25, 0.3) is 5.91 Å². The van der Waals surface area contributed by atoms with E-state index in [-0.39, 0.29) is 11.7 Å². The molecule has 7 heteroatoms.